The van der Waals surface area contributed by atoms with Crippen LogP contribution in [0.1, 0.15) is 65.7 Å². The highest BCUT2D eigenvalue weighted by molar-refractivity contribution is 9.10. The van der Waals surface area contributed by atoms with Crippen LogP contribution < -0.4 is 15.4 Å². The van der Waals surface area contributed by atoms with Gasteiger partial charge < -0.3 is 19.2 Å². The molecule has 0 spiro atoms. The summed E-state index contributed by atoms with van der Waals surface area (Å²) < 4.78 is 15.3. The van der Waals surface area contributed by atoms with Crippen LogP contribution in [-0.2, 0) is 14.3 Å². The highest BCUT2D eigenvalue weighted by Gasteiger charge is 2.15. The topological polar surface area (TPSA) is 137 Å². The molecule has 0 unspecified atom stereocenters. The number of aromatic nitrogens is 1. The fraction of sp³-hybridized carbons (Fsp3) is 0.346. The molecular formula is C26H30BrN3O7S. The average Bonchev–Trinajstić information content (AvgIpc) is 3.56. The van der Waals surface area contributed by atoms with Gasteiger partial charge in [0.05, 0.1) is 32.5 Å². The number of furan rings is 1. The summed E-state index contributed by atoms with van der Waals surface area (Å²) in [6.07, 6.45) is 5.81. The Labute approximate surface area is 233 Å². The normalized spacial score (nSPS) is 10.1. The van der Waals surface area contributed by atoms with E-state index in [1.54, 1.807) is 25.4 Å². The molecule has 10 nitrogen and oxygen atoms in total. The first kappa shape index (κ1) is 30.7. The van der Waals surface area contributed by atoms with Crippen molar-refractivity contribution in [3.05, 3.63) is 57.0 Å². The van der Waals surface area contributed by atoms with Crippen LogP contribution in [0.2, 0.25) is 0 Å². The van der Waals surface area contributed by atoms with E-state index in [4.69, 9.17) is 9.15 Å². The number of ether oxygens (including phenoxy) is 2. The summed E-state index contributed by atoms with van der Waals surface area (Å²) in [5, 5.41) is 7.05. The summed E-state index contributed by atoms with van der Waals surface area (Å²) in [5.74, 6) is -0.677. The summed E-state index contributed by atoms with van der Waals surface area (Å²) in [5.41, 5.74) is 0.635. The predicted molar refractivity (Wildman–Crippen MR) is 148 cm³/mol. The Bertz CT molecular complexity index is 1210. The number of pyridine rings is 1. The molecule has 0 aliphatic heterocycles. The monoisotopic (exact) mass is 607 g/mol. The Hall–Kier alpha value is -3.51. The molecule has 3 heterocycles. The molecule has 2 N–H and O–H groups in total. The first-order valence-corrected chi connectivity index (χ1v) is 13.5. The predicted octanol–water partition coefficient (Wildman–Crippen LogP) is 6.10. The second-order valence-corrected chi connectivity index (χ2v) is 9.64. The second kappa shape index (κ2) is 16.4. The Morgan fingerprint density at radius 1 is 1.03 bits per heavy atom. The zero-order chi connectivity index (χ0) is 27.9. The summed E-state index contributed by atoms with van der Waals surface area (Å²) >= 11 is 4.70. The van der Waals surface area contributed by atoms with Gasteiger partial charge in [0.1, 0.15) is 10.7 Å². The molecule has 0 atom stereocenters. The first-order valence-electron chi connectivity index (χ1n) is 11.8. The third kappa shape index (κ3) is 10.5. The van der Waals surface area contributed by atoms with Crippen LogP contribution in [0.3, 0.4) is 0 Å². The van der Waals surface area contributed by atoms with Crippen molar-refractivity contribution in [3.8, 4) is 5.88 Å². The minimum atomic E-state index is -0.623. The van der Waals surface area contributed by atoms with E-state index in [9.17, 15) is 19.2 Å². The van der Waals surface area contributed by atoms with E-state index >= 15 is 0 Å². The first-order chi connectivity index (χ1) is 18.3. The van der Waals surface area contributed by atoms with Crippen molar-refractivity contribution in [1.29, 1.82) is 0 Å². The van der Waals surface area contributed by atoms with Gasteiger partial charge in [-0.2, -0.15) is 0 Å². The smallest absolute Gasteiger partial charge is 0.374 e. The molecular weight excluding hydrogens is 578 g/mol. The number of esters is 1. The SMILES string of the molecule is CCCCCCC(=O)CC(=O)Nc1ccc(C(=O)OC)o1.COc1ccc(NC(=O)c2sccc2Br)cn1. The Morgan fingerprint density at radius 3 is 2.42 bits per heavy atom. The van der Waals surface area contributed by atoms with Gasteiger partial charge >= 0.3 is 5.97 Å². The van der Waals surface area contributed by atoms with Gasteiger partial charge in [-0.15, -0.1) is 11.3 Å². The fourth-order valence-electron chi connectivity index (χ4n) is 3.03. The lowest BCUT2D eigenvalue weighted by molar-refractivity contribution is -0.125. The molecule has 38 heavy (non-hydrogen) atoms. The molecule has 0 bridgehead atoms. The number of hydrogen-bond acceptors (Lipinski definition) is 9. The fourth-order valence-corrected chi connectivity index (χ4v) is 4.48. The number of thiophene rings is 1. The van der Waals surface area contributed by atoms with E-state index in [0.717, 1.165) is 30.2 Å². The van der Waals surface area contributed by atoms with Crippen molar-refractivity contribution in [2.75, 3.05) is 24.9 Å². The standard InChI is InChI=1S/C15H21NO5.C11H9BrN2O2S/c1-3-4-5-6-7-11(17)10-13(18)16-14-9-8-12(21-14)15(19)20-2;1-16-9-3-2-7(6-13-9)14-11(15)10-8(12)4-5-17-10/h8-9H,3-7,10H2,1-2H3,(H,16,18);2-6H,1H3,(H,14,15). The zero-order valence-corrected chi connectivity index (χ0v) is 23.8. The molecule has 0 saturated heterocycles. The van der Waals surface area contributed by atoms with Gasteiger partial charge in [-0.05, 0) is 45.9 Å². The molecule has 0 fully saturated rings. The molecule has 3 aromatic heterocycles. The second-order valence-electron chi connectivity index (χ2n) is 7.87. The molecule has 204 valence electrons. The Balaban J connectivity index is 0.000000272. The number of rotatable bonds is 12. The van der Waals surface area contributed by atoms with Crippen LogP contribution in [0.5, 0.6) is 5.88 Å². The summed E-state index contributed by atoms with van der Waals surface area (Å²) in [6.45, 7) is 2.10. The molecule has 0 radical (unpaired) electrons. The largest absolute Gasteiger partial charge is 0.481 e. The van der Waals surface area contributed by atoms with Gasteiger partial charge in [0.15, 0.2) is 0 Å². The maximum Gasteiger partial charge on any atom is 0.374 e. The van der Waals surface area contributed by atoms with Crippen molar-refractivity contribution >= 4 is 62.4 Å². The number of hydrogen-bond donors (Lipinski definition) is 2. The van der Waals surface area contributed by atoms with E-state index in [-0.39, 0.29) is 29.8 Å². The Morgan fingerprint density at radius 2 is 1.82 bits per heavy atom. The quantitative estimate of drug-likeness (QED) is 0.143. The van der Waals surface area contributed by atoms with Crippen LogP contribution >= 0.6 is 27.3 Å². The van der Waals surface area contributed by atoms with Gasteiger partial charge in [-0.3, -0.25) is 19.7 Å². The van der Waals surface area contributed by atoms with Crippen molar-refractivity contribution in [3.63, 3.8) is 0 Å². The lowest BCUT2D eigenvalue weighted by Crippen LogP contribution is -2.16. The van der Waals surface area contributed by atoms with Crippen molar-refractivity contribution in [2.45, 2.75) is 45.4 Å². The summed E-state index contributed by atoms with van der Waals surface area (Å²) in [4.78, 5) is 50.9. The van der Waals surface area contributed by atoms with Gasteiger partial charge in [0, 0.05) is 23.0 Å². The number of nitrogens with one attached hydrogen (secondary N) is 2. The van der Waals surface area contributed by atoms with Gasteiger partial charge in [0.2, 0.25) is 23.4 Å². The van der Waals surface area contributed by atoms with Gasteiger partial charge in [-0.1, -0.05) is 26.2 Å². The van der Waals surface area contributed by atoms with Crippen molar-refractivity contribution in [2.24, 2.45) is 0 Å². The molecule has 3 rings (SSSR count). The zero-order valence-electron chi connectivity index (χ0n) is 21.4. The van der Waals surface area contributed by atoms with E-state index in [0.29, 0.717) is 22.9 Å². The average molecular weight is 609 g/mol. The van der Waals surface area contributed by atoms with Crippen LogP contribution in [-0.4, -0.2) is 42.8 Å². The number of unbranched alkanes of at least 4 members (excludes halogenated alkanes) is 3. The highest BCUT2D eigenvalue weighted by Crippen LogP contribution is 2.24. The third-order valence-corrected chi connectivity index (χ3v) is 6.79. The number of anilines is 2. The van der Waals surface area contributed by atoms with E-state index in [2.05, 4.69) is 43.2 Å². The minimum Gasteiger partial charge on any atom is -0.481 e. The number of nitrogens with zero attached hydrogens (tertiary/aromatic N) is 1. The number of Topliss-reactive ketones (excluding diaryl/α,β-unsaturated/α-hetero) is 1. The van der Waals surface area contributed by atoms with E-state index in [1.807, 2.05) is 11.4 Å². The van der Waals surface area contributed by atoms with E-state index < -0.39 is 11.9 Å². The molecule has 0 aliphatic carbocycles. The maximum absolute atomic E-state index is 11.9. The van der Waals surface area contributed by atoms with Crippen LogP contribution in [0, 0.1) is 0 Å². The lowest BCUT2D eigenvalue weighted by Gasteiger charge is -2.04. The summed E-state index contributed by atoms with van der Waals surface area (Å²) in [6, 6.07) is 8.11. The molecule has 0 saturated carbocycles. The number of methoxy groups -OCH3 is 2. The number of amides is 2. The number of carbonyl (C=O) groups excluding carboxylic acids is 4. The van der Waals surface area contributed by atoms with Gasteiger partial charge in [0.25, 0.3) is 5.91 Å². The Kier molecular flexibility index (Phi) is 13.2. The number of carbonyl (C=O) groups is 4. The van der Waals surface area contributed by atoms with E-state index in [1.165, 1.54) is 30.6 Å². The van der Waals surface area contributed by atoms with Crippen LogP contribution in [0.15, 0.2) is 50.8 Å². The third-order valence-electron chi connectivity index (χ3n) is 4.95. The lowest BCUT2D eigenvalue weighted by atomic mass is 10.1. The number of halogens is 1. The van der Waals surface area contributed by atoms with Crippen LogP contribution in [0.4, 0.5) is 11.6 Å². The number of ketones is 1. The summed E-state index contributed by atoms with van der Waals surface area (Å²) in [7, 11) is 2.78. The minimum absolute atomic E-state index is 0.00121. The molecule has 0 aromatic carbocycles. The molecule has 3 aromatic rings. The highest BCUT2D eigenvalue weighted by atomic mass is 79.9. The maximum atomic E-state index is 11.9. The molecule has 0 aliphatic rings. The molecule has 12 heteroatoms. The van der Waals surface area contributed by atoms with Crippen molar-refractivity contribution < 1.29 is 33.1 Å². The molecule has 2 amide bonds. The van der Waals surface area contributed by atoms with Crippen LogP contribution in [0.25, 0.3) is 0 Å². The van der Waals surface area contributed by atoms with Crippen molar-refractivity contribution in [1.82, 2.24) is 4.98 Å². The van der Waals surface area contributed by atoms with Gasteiger partial charge in [-0.25, -0.2) is 9.78 Å².